The maximum atomic E-state index is 12.5. The Labute approximate surface area is 141 Å². The maximum Gasteiger partial charge on any atom is 0.251 e. The first-order valence-electron chi connectivity index (χ1n) is 8.65. The molecule has 1 amide bonds. The number of likely N-dealkylation sites (tertiary alicyclic amines) is 1. The largest absolute Gasteiger partial charge is 0.491 e. The molecule has 4 nitrogen and oxygen atoms in total. The highest BCUT2D eigenvalue weighted by atomic mass is 19.3. The van der Waals surface area contributed by atoms with Crippen LogP contribution in [0.3, 0.4) is 0 Å². The maximum absolute atomic E-state index is 12.5. The zero-order valence-corrected chi connectivity index (χ0v) is 13.7. The van der Waals surface area contributed by atoms with Crippen molar-refractivity contribution in [2.45, 2.75) is 32.1 Å². The van der Waals surface area contributed by atoms with E-state index in [9.17, 15) is 13.6 Å². The molecule has 1 heterocycles. The number of nitrogens with one attached hydrogen (secondary N) is 1. The first-order valence-corrected chi connectivity index (χ1v) is 8.65. The van der Waals surface area contributed by atoms with E-state index in [1.807, 2.05) is 24.3 Å². The fourth-order valence-corrected chi connectivity index (χ4v) is 3.00. The number of para-hydroxylation sites is 2. The van der Waals surface area contributed by atoms with Crippen molar-refractivity contribution < 1.29 is 18.3 Å². The molecule has 0 spiro atoms. The smallest absolute Gasteiger partial charge is 0.251 e. The van der Waals surface area contributed by atoms with Crippen LogP contribution in [-0.4, -0.2) is 43.5 Å². The molecule has 1 aliphatic carbocycles. The van der Waals surface area contributed by atoms with Crippen LogP contribution in [0.2, 0.25) is 0 Å². The van der Waals surface area contributed by atoms with Gasteiger partial charge in [0.25, 0.3) is 6.43 Å². The number of nitrogens with zero attached hydrogens (tertiary/aromatic N) is 1. The highest BCUT2D eigenvalue weighted by Crippen LogP contribution is 2.32. The minimum absolute atomic E-state index is 0.0471. The lowest BCUT2D eigenvalue weighted by atomic mass is 9.96. The van der Waals surface area contributed by atoms with Crippen molar-refractivity contribution in [3.8, 4) is 5.75 Å². The number of amides is 1. The molecule has 2 aliphatic rings. The summed E-state index contributed by atoms with van der Waals surface area (Å²) in [6.07, 6.45) is 1.34. The van der Waals surface area contributed by atoms with Crippen molar-refractivity contribution in [3.63, 3.8) is 0 Å². The van der Waals surface area contributed by atoms with E-state index in [0.717, 1.165) is 0 Å². The Balaban J connectivity index is 1.51. The average molecular weight is 338 g/mol. The third kappa shape index (κ3) is 4.90. The van der Waals surface area contributed by atoms with Crippen LogP contribution in [0.4, 0.5) is 14.5 Å². The summed E-state index contributed by atoms with van der Waals surface area (Å²) in [5, 5.41) is 2.95. The summed E-state index contributed by atoms with van der Waals surface area (Å²) in [7, 11) is 0. The lowest BCUT2D eigenvalue weighted by molar-refractivity contribution is -0.121. The molecule has 2 fully saturated rings. The Morgan fingerprint density at radius 2 is 1.92 bits per heavy atom. The second-order valence-corrected chi connectivity index (χ2v) is 6.71. The molecule has 1 aliphatic heterocycles. The van der Waals surface area contributed by atoms with Gasteiger partial charge in [0.15, 0.2) is 0 Å². The van der Waals surface area contributed by atoms with Crippen molar-refractivity contribution >= 4 is 11.6 Å². The third-order valence-electron chi connectivity index (χ3n) is 4.67. The number of benzene rings is 1. The van der Waals surface area contributed by atoms with Crippen LogP contribution < -0.4 is 10.1 Å². The molecule has 1 saturated carbocycles. The monoisotopic (exact) mass is 338 g/mol. The second-order valence-electron chi connectivity index (χ2n) is 6.71. The Morgan fingerprint density at radius 1 is 1.21 bits per heavy atom. The van der Waals surface area contributed by atoms with Gasteiger partial charge < -0.3 is 10.1 Å². The van der Waals surface area contributed by atoms with Gasteiger partial charge >= 0.3 is 0 Å². The van der Waals surface area contributed by atoms with Crippen LogP contribution in [0.1, 0.15) is 25.7 Å². The number of alkyl halides is 2. The number of rotatable bonds is 7. The van der Waals surface area contributed by atoms with Gasteiger partial charge in [0.2, 0.25) is 5.91 Å². The number of anilines is 1. The number of halogens is 2. The van der Waals surface area contributed by atoms with Crippen LogP contribution in [0.5, 0.6) is 5.75 Å². The van der Waals surface area contributed by atoms with Crippen molar-refractivity contribution in [2.75, 3.05) is 31.6 Å². The van der Waals surface area contributed by atoms with Gasteiger partial charge in [0.1, 0.15) is 5.75 Å². The number of carbonyl (C=O) groups is 1. The van der Waals surface area contributed by atoms with Gasteiger partial charge in [-0.25, -0.2) is 8.78 Å². The molecule has 0 aromatic heterocycles. The minimum Gasteiger partial charge on any atom is -0.491 e. The van der Waals surface area contributed by atoms with Gasteiger partial charge in [-0.05, 0) is 56.8 Å². The predicted octanol–water partition coefficient (Wildman–Crippen LogP) is 3.39. The zero-order chi connectivity index (χ0) is 16.9. The molecule has 1 N–H and O–H groups in total. The van der Waals surface area contributed by atoms with Crippen LogP contribution in [0.25, 0.3) is 0 Å². The Bertz CT molecular complexity index is 556. The summed E-state index contributed by atoms with van der Waals surface area (Å²) in [5.41, 5.74) is 0.693. The quantitative estimate of drug-likeness (QED) is 0.828. The van der Waals surface area contributed by atoms with E-state index in [1.165, 1.54) is 12.8 Å². The fourth-order valence-electron chi connectivity index (χ4n) is 3.00. The van der Waals surface area contributed by atoms with Crippen LogP contribution in [-0.2, 0) is 4.79 Å². The zero-order valence-electron chi connectivity index (χ0n) is 13.7. The molecule has 0 bridgehead atoms. The molecule has 0 radical (unpaired) electrons. The summed E-state index contributed by atoms with van der Waals surface area (Å²) in [6.45, 7) is 1.58. The molecular weight excluding hydrogens is 314 g/mol. The molecule has 1 aromatic rings. The molecule has 24 heavy (non-hydrogen) atoms. The van der Waals surface area contributed by atoms with E-state index < -0.39 is 6.43 Å². The minimum atomic E-state index is -2.31. The van der Waals surface area contributed by atoms with Crippen molar-refractivity contribution in [1.82, 2.24) is 4.90 Å². The van der Waals surface area contributed by atoms with Gasteiger partial charge in [-0.1, -0.05) is 12.1 Å². The number of hydrogen-bond donors (Lipinski definition) is 1. The number of carbonyl (C=O) groups excluding carboxylic acids is 1. The highest BCUT2D eigenvalue weighted by Gasteiger charge is 2.27. The Morgan fingerprint density at radius 3 is 2.58 bits per heavy atom. The average Bonchev–Trinajstić information content (AvgIpc) is 3.38. The number of ether oxygens (including phenoxy) is 1. The van der Waals surface area contributed by atoms with E-state index >= 15 is 0 Å². The molecule has 0 unspecified atom stereocenters. The summed E-state index contributed by atoms with van der Waals surface area (Å²) in [4.78, 5) is 14.2. The fraction of sp³-hybridized carbons (Fsp3) is 0.611. The van der Waals surface area contributed by atoms with Crippen molar-refractivity contribution in [3.05, 3.63) is 24.3 Å². The summed E-state index contributed by atoms with van der Waals surface area (Å²) in [5.74, 6) is 1.17. The predicted molar refractivity (Wildman–Crippen MR) is 88.5 cm³/mol. The van der Waals surface area contributed by atoms with Gasteiger partial charge in [0, 0.05) is 5.92 Å². The van der Waals surface area contributed by atoms with Gasteiger partial charge in [-0.2, -0.15) is 0 Å². The van der Waals surface area contributed by atoms with Crippen LogP contribution >= 0.6 is 0 Å². The standard InChI is InChI=1S/C18H24F2N2O2/c19-17(20)11-22-9-7-14(8-10-22)18(23)21-15-3-1-2-4-16(15)24-12-13-5-6-13/h1-4,13-14,17H,5-12H2,(H,21,23). The lowest BCUT2D eigenvalue weighted by Crippen LogP contribution is -2.40. The van der Waals surface area contributed by atoms with Gasteiger partial charge in [-0.15, -0.1) is 0 Å². The molecule has 6 heteroatoms. The Kier molecular flexibility index (Phi) is 5.66. The SMILES string of the molecule is O=C(Nc1ccccc1OCC1CC1)C1CCN(CC(F)F)CC1. The van der Waals surface area contributed by atoms with Crippen molar-refractivity contribution in [1.29, 1.82) is 0 Å². The molecule has 3 rings (SSSR count). The van der Waals surface area contributed by atoms with Crippen LogP contribution in [0.15, 0.2) is 24.3 Å². The van der Waals surface area contributed by atoms with Crippen molar-refractivity contribution in [2.24, 2.45) is 11.8 Å². The second kappa shape index (κ2) is 7.92. The Hall–Kier alpha value is -1.69. The van der Waals surface area contributed by atoms with E-state index in [0.29, 0.717) is 49.9 Å². The first kappa shape index (κ1) is 17.1. The third-order valence-corrected chi connectivity index (χ3v) is 4.67. The molecule has 1 saturated heterocycles. The van der Waals surface area contributed by atoms with E-state index in [2.05, 4.69) is 5.32 Å². The van der Waals surface area contributed by atoms with E-state index in [1.54, 1.807) is 4.90 Å². The normalized spacial score (nSPS) is 19.5. The molecule has 0 atom stereocenters. The van der Waals surface area contributed by atoms with Gasteiger partial charge in [0.05, 0.1) is 18.8 Å². The van der Waals surface area contributed by atoms with Gasteiger partial charge in [-0.3, -0.25) is 9.69 Å². The van der Waals surface area contributed by atoms with E-state index in [4.69, 9.17) is 4.74 Å². The van der Waals surface area contributed by atoms with E-state index in [-0.39, 0.29) is 18.4 Å². The summed E-state index contributed by atoms with van der Waals surface area (Å²) < 4.78 is 30.6. The summed E-state index contributed by atoms with van der Waals surface area (Å²) >= 11 is 0. The number of piperidine rings is 1. The topological polar surface area (TPSA) is 41.6 Å². The summed E-state index contributed by atoms with van der Waals surface area (Å²) in [6, 6.07) is 7.46. The molecule has 1 aromatic carbocycles. The number of hydrogen-bond acceptors (Lipinski definition) is 3. The molecular formula is C18H24F2N2O2. The highest BCUT2D eigenvalue weighted by molar-refractivity contribution is 5.94. The molecule has 132 valence electrons. The first-order chi connectivity index (χ1) is 11.6. The lowest BCUT2D eigenvalue weighted by Gasteiger charge is -2.31. The van der Waals surface area contributed by atoms with Crippen LogP contribution in [0, 0.1) is 11.8 Å².